The number of hydrogen-bond donors (Lipinski definition) is 1. The highest BCUT2D eigenvalue weighted by Crippen LogP contribution is 2.25. The Labute approximate surface area is 113 Å². The molecular weight excluding hydrogens is 238 g/mol. The largest absolute Gasteiger partial charge is 0.486 e. The highest BCUT2D eigenvalue weighted by molar-refractivity contribution is 5.99. The maximum Gasteiger partial charge on any atom is 0.162 e. The van der Waals surface area contributed by atoms with Crippen molar-refractivity contribution in [3.05, 3.63) is 59.7 Å². The van der Waals surface area contributed by atoms with Crippen molar-refractivity contribution in [3.63, 3.8) is 0 Å². The van der Waals surface area contributed by atoms with Crippen molar-refractivity contribution in [3.8, 4) is 5.75 Å². The van der Waals surface area contributed by atoms with Crippen LogP contribution in [0.15, 0.2) is 48.5 Å². The highest BCUT2D eigenvalue weighted by Gasteiger charge is 2.10. The van der Waals surface area contributed by atoms with Gasteiger partial charge in [0.05, 0.1) is 0 Å². The summed E-state index contributed by atoms with van der Waals surface area (Å²) < 4.78 is 5.84. The fourth-order valence-corrected chi connectivity index (χ4v) is 1.91. The number of nitrogen functional groups attached to an aromatic ring is 1. The number of ether oxygens (including phenoxy) is 1. The van der Waals surface area contributed by atoms with Gasteiger partial charge >= 0.3 is 0 Å². The highest BCUT2D eigenvalue weighted by atomic mass is 16.5. The van der Waals surface area contributed by atoms with E-state index >= 15 is 0 Å². The molecule has 0 aromatic heterocycles. The second-order valence-corrected chi connectivity index (χ2v) is 4.48. The lowest BCUT2D eigenvalue weighted by Crippen LogP contribution is -2.05. The summed E-state index contributed by atoms with van der Waals surface area (Å²) in [6.45, 7) is 3.47. The van der Waals surface area contributed by atoms with Crippen LogP contribution in [-0.2, 0) is 0 Å². The molecule has 0 bridgehead atoms. The van der Waals surface area contributed by atoms with Crippen molar-refractivity contribution < 1.29 is 9.53 Å². The fourth-order valence-electron chi connectivity index (χ4n) is 1.91. The molecule has 0 amide bonds. The Morgan fingerprint density at radius 1 is 1.16 bits per heavy atom. The smallest absolute Gasteiger partial charge is 0.162 e. The number of anilines is 1. The molecule has 0 saturated heterocycles. The first-order valence-corrected chi connectivity index (χ1v) is 6.20. The van der Waals surface area contributed by atoms with E-state index in [1.165, 1.54) is 6.92 Å². The molecule has 19 heavy (non-hydrogen) atoms. The van der Waals surface area contributed by atoms with E-state index in [0.717, 1.165) is 5.56 Å². The predicted octanol–water partition coefficient (Wildman–Crippen LogP) is 3.61. The summed E-state index contributed by atoms with van der Waals surface area (Å²) >= 11 is 0. The molecule has 0 spiro atoms. The van der Waals surface area contributed by atoms with Crippen LogP contribution in [0.4, 0.5) is 5.69 Å². The lowest BCUT2D eigenvalue weighted by molar-refractivity contribution is 0.101. The minimum atomic E-state index is -0.0790. The van der Waals surface area contributed by atoms with E-state index in [1.807, 2.05) is 37.3 Å². The Morgan fingerprint density at radius 3 is 2.47 bits per heavy atom. The van der Waals surface area contributed by atoms with Crippen LogP contribution in [0.2, 0.25) is 0 Å². The third kappa shape index (κ3) is 3.13. The van der Waals surface area contributed by atoms with Crippen molar-refractivity contribution in [2.24, 2.45) is 0 Å². The fraction of sp³-hybridized carbons (Fsp3) is 0.188. The molecule has 0 saturated carbocycles. The summed E-state index contributed by atoms with van der Waals surface area (Å²) in [5.74, 6) is 0.589. The van der Waals surface area contributed by atoms with Gasteiger partial charge in [0.15, 0.2) is 5.78 Å². The van der Waals surface area contributed by atoms with Crippen molar-refractivity contribution in [2.45, 2.75) is 20.0 Å². The maximum absolute atomic E-state index is 11.4. The van der Waals surface area contributed by atoms with Crippen molar-refractivity contribution in [2.75, 3.05) is 5.73 Å². The Kier molecular flexibility index (Phi) is 3.85. The number of carbonyl (C=O) groups excluding carboxylic acids is 1. The maximum atomic E-state index is 11.4. The molecule has 2 N–H and O–H groups in total. The number of benzene rings is 2. The average Bonchev–Trinajstić information content (AvgIpc) is 2.41. The summed E-state index contributed by atoms with van der Waals surface area (Å²) in [5.41, 5.74) is 7.82. The summed E-state index contributed by atoms with van der Waals surface area (Å²) in [4.78, 5) is 11.4. The Balaban J connectivity index is 2.20. The Bertz CT molecular complexity index is 579. The molecule has 3 nitrogen and oxygen atoms in total. The summed E-state index contributed by atoms with van der Waals surface area (Å²) in [6.07, 6.45) is -0.0790. The van der Waals surface area contributed by atoms with Gasteiger partial charge in [0.25, 0.3) is 0 Å². The Morgan fingerprint density at radius 2 is 1.84 bits per heavy atom. The van der Waals surface area contributed by atoms with E-state index in [1.54, 1.807) is 18.2 Å². The first-order chi connectivity index (χ1) is 9.08. The van der Waals surface area contributed by atoms with E-state index in [2.05, 4.69) is 0 Å². The van der Waals surface area contributed by atoms with Gasteiger partial charge < -0.3 is 10.5 Å². The minimum absolute atomic E-state index is 0.0599. The topological polar surface area (TPSA) is 52.3 Å². The van der Waals surface area contributed by atoms with E-state index in [4.69, 9.17) is 10.5 Å². The van der Waals surface area contributed by atoms with Gasteiger partial charge in [-0.05, 0) is 37.6 Å². The molecule has 2 rings (SSSR count). The molecule has 0 aliphatic carbocycles. The predicted molar refractivity (Wildman–Crippen MR) is 76.3 cm³/mol. The molecule has 2 aromatic rings. The van der Waals surface area contributed by atoms with Crippen LogP contribution in [0.5, 0.6) is 5.75 Å². The summed E-state index contributed by atoms with van der Waals surface area (Å²) in [6, 6.07) is 15.1. The van der Waals surface area contributed by atoms with Gasteiger partial charge in [-0.1, -0.05) is 30.3 Å². The molecule has 0 radical (unpaired) electrons. The van der Waals surface area contributed by atoms with Gasteiger partial charge in [-0.15, -0.1) is 0 Å². The number of hydrogen-bond acceptors (Lipinski definition) is 3. The third-order valence-corrected chi connectivity index (χ3v) is 2.99. The normalized spacial score (nSPS) is 11.9. The summed E-state index contributed by atoms with van der Waals surface area (Å²) in [5, 5.41) is 0. The number of nitrogens with two attached hydrogens (primary N) is 1. The molecule has 0 fully saturated rings. The number of rotatable bonds is 4. The van der Waals surface area contributed by atoms with Crippen molar-refractivity contribution >= 4 is 11.5 Å². The van der Waals surface area contributed by atoms with Crippen LogP contribution in [0.25, 0.3) is 0 Å². The van der Waals surface area contributed by atoms with E-state index in [9.17, 15) is 4.79 Å². The van der Waals surface area contributed by atoms with Gasteiger partial charge in [-0.2, -0.15) is 0 Å². The first-order valence-electron chi connectivity index (χ1n) is 6.20. The van der Waals surface area contributed by atoms with Gasteiger partial charge in [-0.3, -0.25) is 4.79 Å². The zero-order chi connectivity index (χ0) is 13.8. The van der Waals surface area contributed by atoms with Crippen LogP contribution < -0.4 is 10.5 Å². The van der Waals surface area contributed by atoms with Gasteiger partial charge in [0.1, 0.15) is 11.9 Å². The molecule has 2 aromatic carbocycles. The number of ketones is 1. The molecule has 98 valence electrons. The lowest BCUT2D eigenvalue weighted by Gasteiger charge is -2.16. The molecular formula is C16H17NO2. The second-order valence-electron chi connectivity index (χ2n) is 4.48. The molecule has 1 atom stereocenters. The SMILES string of the molecule is CC(=O)c1cc(OC(C)c2ccccc2)ccc1N. The van der Waals surface area contributed by atoms with Crippen LogP contribution in [-0.4, -0.2) is 5.78 Å². The third-order valence-electron chi connectivity index (χ3n) is 2.99. The quantitative estimate of drug-likeness (QED) is 0.670. The van der Waals surface area contributed by atoms with Crippen LogP contribution in [0, 0.1) is 0 Å². The molecule has 0 heterocycles. The minimum Gasteiger partial charge on any atom is -0.486 e. The van der Waals surface area contributed by atoms with Crippen LogP contribution in [0.3, 0.4) is 0 Å². The first kappa shape index (κ1) is 13.1. The Hall–Kier alpha value is -2.29. The summed E-state index contributed by atoms with van der Waals surface area (Å²) in [7, 11) is 0. The van der Waals surface area contributed by atoms with Crippen LogP contribution in [0.1, 0.15) is 35.9 Å². The molecule has 1 unspecified atom stereocenters. The number of carbonyl (C=O) groups is 1. The molecule has 0 aliphatic rings. The van der Waals surface area contributed by atoms with Crippen molar-refractivity contribution in [1.29, 1.82) is 0 Å². The van der Waals surface area contributed by atoms with Gasteiger partial charge in [0, 0.05) is 11.3 Å². The van der Waals surface area contributed by atoms with E-state index in [0.29, 0.717) is 17.0 Å². The van der Waals surface area contributed by atoms with Crippen LogP contribution >= 0.6 is 0 Å². The van der Waals surface area contributed by atoms with Gasteiger partial charge in [-0.25, -0.2) is 0 Å². The standard InChI is InChI=1S/C16H17NO2/c1-11(18)15-10-14(8-9-16(15)17)19-12(2)13-6-4-3-5-7-13/h3-10,12H,17H2,1-2H3. The van der Waals surface area contributed by atoms with E-state index < -0.39 is 0 Å². The zero-order valence-electron chi connectivity index (χ0n) is 11.1. The average molecular weight is 255 g/mol. The molecule has 0 aliphatic heterocycles. The zero-order valence-corrected chi connectivity index (χ0v) is 11.1. The van der Waals surface area contributed by atoms with E-state index in [-0.39, 0.29) is 11.9 Å². The van der Waals surface area contributed by atoms with Crippen molar-refractivity contribution in [1.82, 2.24) is 0 Å². The molecule has 3 heteroatoms. The number of Topliss-reactive ketones (excluding diaryl/α,β-unsaturated/α-hetero) is 1. The second kappa shape index (κ2) is 5.57. The van der Waals surface area contributed by atoms with Gasteiger partial charge in [0.2, 0.25) is 0 Å². The lowest BCUT2D eigenvalue weighted by atomic mass is 10.1. The monoisotopic (exact) mass is 255 g/mol.